The van der Waals surface area contributed by atoms with Gasteiger partial charge in [-0.1, -0.05) is 37.3 Å². The average Bonchev–Trinajstić information content (AvgIpc) is 2.19. The molecule has 0 heterocycles. The molecule has 0 amide bonds. The standard InChI is InChI=1S/C11H14F2O/c1-2-11(14,10(12)13)8-9-6-4-3-5-7-9/h3-7,10,14H,2,8H2,1H3. The van der Waals surface area contributed by atoms with Gasteiger partial charge in [-0.05, 0) is 12.0 Å². The summed E-state index contributed by atoms with van der Waals surface area (Å²) in [5.74, 6) is 0. The molecule has 1 rings (SSSR count). The molecule has 14 heavy (non-hydrogen) atoms. The van der Waals surface area contributed by atoms with Gasteiger partial charge in [-0.3, -0.25) is 0 Å². The van der Waals surface area contributed by atoms with Crippen LogP contribution in [0.4, 0.5) is 8.78 Å². The van der Waals surface area contributed by atoms with Crippen LogP contribution in [0.1, 0.15) is 18.9 Å². The molecule has 0 bridgehead atoms. The van der Waals surface area contributed by atoms with Gasteiger partial charge in [-0.25, -0.2) is 8.78 Å². The van der Waals surface area contributed by atoms with Crippen molar-refractivity contribution in [1.29, 1.82) is 0 Å². The second-order valence-corrected chi connectivity index (χ2v) is 3.42. The van der Waals surface area contributed by atoms with Gasteiger partial charge >= 0.3 is 0 Å². The predicted octanol–water partition coefficient (Wildman–Crippen LogP) is 2.64. The van der Waals surface area contributed by atoms with Crippen molar-refractivity contribution in [2.75, 3.05) is 0 Å². The van der Waals surface area contributed by atoms with Gasteiger partial charge in [0.2, 0.25) is 0 Å². The first-order chi connectivity index (χ1) is 6.58. The molecule has 0 spiro atoms. The lowest BCUT2D eigenvalue weighted by Gasteiger charge is -2.25. The Morgan fingerprint density at radius 3 is 2.29 bits per heavy atom. The molecular formula is C11H14F2O. The zero-order valence-electron chi connectivity index (χ0n) is 8.08. The van der Waals surface area contributed by atoms with Crippen LogP contribution in [0, 0.1) is 0 Å². The highest BCUT2D eigenvalue weighted by molar-refractivity contribution is 5.17. The van der Waals surface area contributed by atoms with Crippen LogP contribution in [0.2, 0.25) is 0 Å². The minimum absolute atomic E-state index is 0.00199. The van der Waals surface area contributed by atoms with Gasteiger partial charge < -0.3 is 5.11 Å². The van der Waals surface area contributed by atoms with Gasteiger partial charge in [-0.15, -0.1) is 0 Å². The summed E-state index contributed by atoms with van der Waals surface area (Å²) in [4.78, 5) is 0. The van der Waals surface area contributed by atoms with E-state index in [9.17, 15) is 13.9 Å². The molecule has 1 nitrogen and oxygen atoms in total. The average molecular weight is 200 g/mol. The van der Waals surface area contributed by atoms with Crippen molar-refractivity contribution in [3.63, 3.8) is 0 Å². The number of aliphatic hydroxyl groups is 1. The fourth-order valence-electron chi connectivity index (χ4n) is 1.31. The maximum Gasteiger partial charge on any atom is 0.267 e. The molecule has 3 heteroatoms. The molecular weight excluding hydrogens is 186 g/mol. The van der Waals surface area contributed by atoms with Crippen LogP contribution in [-0.4, -0.2) is 17.1 Å². The molecule has 0 aliphatic carbocycles. The van der Waals surface area contributed by atoms with E-state index in [1.165, 1.54) is 0 Å². The van der Waals surface area contributed by atoms with Crippen molar-refractivity contribution in [3.05, 3.63) is 35.9 Å². The van der Waals surface area contributed by atoms with Gasteiger partial charge in [0.15, 0.2) is 0 Å². The van der Waals surface area contributed by atoms with E-state index in [2.05, 4.69) is 0 Å². The Balaban J connectivity index is 2.76. The Kier molecular flexibility index (Phi) is 3.58. The topological polar surface area (TPSA) is 20.2 Å². The van der Waals surface area contributed by atoms with E-state index in [-0.39, 0.29) is 12.8 Å². The molecule has 78 valence electrons. The monoisotopic (exact) mass is 200 g/mol. The van der Waals surface area contributed by atoms with Gasteiger partial charge in [-0.2, -0.15) is 0 Å². The quantitative estimate of drug-likeness (QED) is 0.792. The van der Waals surface area contributed by atoms with Crippen molar-refractivity contribution in [2.45, 2.75) is 31.8 Å². The highest BCUT2D eigenvalue weighted by atomic mass is 19.3. The Morgan fingerprint density at radius 1 is 1.29 bits per heavy atom. The zero-order valence-corrected chi connectivity index (χ0v) is 8.08. The molecule has 0 aliphatic rings. The molecule has 0 aliphatic heterocycles. The molecule has 0 radical (unpaired) electrons. The maximum atomic E-state index is 12.5. The van der Waals surface area contributed by atoms with Crippen molar-refractivity contribution >= 4 is 0 Å². The SMILES string of the molecule is CCC(O)(Cc1ccccc1)C(F)F. The zero-order chi connectivity index (χ0) is 10.6. The van der Waals surface area contributed by atoms with E-state index in [0.29, 0.717) is 0 Å². The molecule has 1 aromatic rings. The van der Waals surface area contributed by atoms with Crippen LogP contribution in [0.25, 0.3) is 0 Å². The third kappa shape index (κ3) is 2.51. The molecule has 1 aromatic carbocycles. The number of hydrogen-bond acceptors (Lipinski definition) is 1. The highest BCUT2D eigenvalue weighted by Crippen LogP contribution is 2.24. The van der Waals surface area contributed by atoms with E-state index in [1.54, 1.807) is 31.2 Å². The summed E-state index contributed by atoms with van der Waals surface area (Å²) in [6, 6.07) is 8.84. The molecule has 0 fully saturated rings. The van der Waals surface area contributed by atoms with E-state index in [0.717, 1.165) is 5.56 Å². The molecule has 0 aromatic heterocycles. The number of halogens is 2. The lowest BCUT2D eigenvalue weighted by molar-refractivity contribution is -0.0973. The highest BCUT2D eigenvalue weighted by Gasteiger charge is 2.35. The minimum atomic E-state index is -2.70. The largest absolute Gasteiger partial charge is 0.384 e. The summed E-state index contributed by atoms with van der Waals surface area (Å²) in [7, 11) is 0. The van der Waals surface area contributed by atoms with Crippen LogP contribution in [-0.2, 0) is 6.42 Å². The van der Waals surface area contributed by atoms with E-state index >= 15 is 0 Å². The minimum Gasteiger partial charge on any atom is -0.384 e. The third-order valence-electron chi connectivity index (χ3n) is 2.37. The van der Waals surface area contributed by atoms with Crippen molar-refractivity contribution in [2.24, 2.45) is 0 Å². The Hall–Kier alpha value is -0.960. The summed E-state index contributed by atoms with van der Waals surface area (Å²) >= 11 is 0. The third-order valence-corrected chi connectivity index (χ3v) is 2.37. The van der Waals surface area contributed by atoms with Crippen molar-refractivity contribution < 1.29 is 13.9 Å². The second-order valence-electron chi connectivity index (χ2n) is 3.42. The number of alkyl halides is 2. The normalized spacial score (nSPS) is 15.5. The number of hydrogen-bond donors (Lipinski definition) is 1. The van der Waals surface area contributed by atoms with Gasteiger partial charge in [0.25, 0.3) is 6.43 Å². The molecule has 1 atom stereocenters. The first kappa shape index (κ1) is 11.1. The van der Waals surface area contributed by atoms with Crippen molar-refractivity contribution in [1.82, 2.24) is 0 Å². The predicted molar refractivity (Wildman–Crippen MR) is 51.4 cm³/mol. The lowest BCUT2D eigenvalue weighted by Crippen LogP contribution is -2.38. The van der Waals surface area contributed by atoms with E-state index in [1.807, 2.05) is 6.07 Å². The molecule has 0 saturated carbocycles. The van der Waals surface area contributed by atoms with Crippen LogP contribution in [0.3, 0.4) is 0 Å². The van der Waals surface area contributed by atoms with Crippen LogP contribution < -0.4 is 0 Å². The van der Waals surface area contributed by atoms with Crippen LogP contribution >= 0.6 is 0 Å². The number of benzene rings is 1. The molecule has 0 saturated heterocycles. The van der Waals surface area contributed by atoms with Gasteiger partial charge in [0.05, 0.1) is 0 Å². The van der Waals surface area contributed by atoms with Gasteiger partial charge in [0.1, 0.15) is 5.60 Å². The smallest absolute Gasteiger partial charge is 0.267 e. The Bertz CT molecular complexity index is 274. The Morgan fingerprint density at radius 2 is 1.86 bits per heavy atom. The summed E-state index contributed by atoms with van der Waals surface area (Å²) < 4.78 is 25.0. The summed E-state index contributed by atoms with van der Waals surface area (Å²) in [6.45, 7) is 1.56. The second kappa shape index (κ2) is 4.51. The lowest BCUT2D eigenvalue weighted by atomic mass is 9.92. The first-order valence-corrected chi connectivity index (χ1v) is 4.63. The van der Waals surface area contributed by atoms with E-state index < -0.39 is 12.0 Å². The summed E-state index contributed by atoms with van der Waals surface area (Å²) in [5, 5.41) is 9.60. The fraction of sp³-hybridized carbons (Fsp3) is 0.455. The number of rotatable bonds is 4. The van der Waals surface area contributed by atoms with Crippen LogP contribution in [0.5, 0.6) is 0 Å². The molecule has 1 unspecified atom stereocenters. The fourth-order valence-corrected chi connectivity index (χ4v) is 1.31. The van der Waals surface area contributed by atoms with Crippen molar-refractivity contribution in [3.8, 4) is 0 Å². The van der Waals surface area contributed by atoms with Gasteiger partial charge in [0, 0.05) is 6.42 Å². The summed E-state index contributed by atoms with van der Waals surface area (Å²) in [6.07, 6.45) is -2.64. The van der Waals surface area contributed by atoms with E-state index in [4.69, 9.17) is 0 Å². The van der Waals surface area contributed by atoms with Crippen LogP contribution in [0.15, 0.2) is 30.3 Å². The maximum absolute atomic E-state index is 12.5. The molecule has 1 N–H and O–H groups in total. The first-order valence-electron chi connectivity index (χ1n) is 4.63. The Labute approximate surface area is 82.4 Å². The summed E-state index contributed by atoms with van der Waals surface area (Å²) in [5.41, 5.74) is -1.15.